The summed E-state index contributed by atoms with van der Waals surface area (Å²) in [4.78, 5) is 15.4. The standard InChI is InChI=1S/C11H14Cl2N2O2/c1-2-3-8(16)6-14-11(17)7-4-9(12)15-10(13)5-7/h4-5,8,16H,2-3,6H2,1H3,(H,14,17). The van der Waals surface area contributed by atoms with E-state index in [1.807, 2.05) is 6.92 Å². The molecule has 1 aromatic rings. The molecule has 0 aliphatic carbocycles. The van der Waals surface area contributed by atoms with Crippen molar-refractivity contribution in [3.05, 3.63) is 28.0 Å². The smallest absolute Gasteiger partial charge is 0.251 e. The van der Waals surface area contributed by atoms with Crippen molar-refractivity contribution >= 4 is 29.1 Å². The van der Waals surface area contributed by atoms with Gasteiger partial charge in [-0.2, -0.15) is 0 Å². The molecular weight excluding hydrogens is 263 g/mol. The van der Waals surface area contributed by atoms with Gasteiger partial charge in [-0.1, -0.05) is 36.5 Å². The third kappa shape index (κ3) is 4.89. The van der Waals surface area contributed by atoms with E-state index in [0.29, 0.717) is 12.0 Å². The molecule has 1 aromatic heterocycles. The molecule has 1 unspecified atom stereocenters. The van der Waals surface area contributed by atoms with Crippen LogP contribution in [0.3, 0.4) is 0 Å². The molecule has 4 nitrogen and oxygen atoms in total. The first-order chi connectivity index (χ1) is 8.02. The molecule has 0 bridgehead atoms. The molecule has 0 fully saturated rings. The first kappa shape index (κ1) is 14.2. The van der Waals surface area contributed by atoms with Crippen molar-refractivity contribution in [3.63, 3.8) is 0 Å². The van der Waals surface area contributed by atoms with E-state index in [1.54, 1.807) is 0 Å². The molecule has 17 heavy (non-hydrogen) atoms. The number of amides is 1. The second-order valence-corrected chi connectivity index (χ2v) is 4.43. The molecule has 0 aliphatic heterocycles. The summed E-state index contributed by atoms with van der Waals surface area (Å²) in [5.74, 6) is -0.327. The van der Waals surface area contributed by atoms with E-state index >= 15 is 0 Å². The zero-order chi connectivity index (χ0) is 12.8. The van der Waals surface area contributed by atoms with Crippen LogP contribution in [0.5, 0.6) is 0 Å². The Labute approximate surface area is 110 Å². The molecule has 0 spiro atoms. The van der Waals surface area contributed by atoms with Crippen LogP contribution in [0.25, 0.3) is 0 Å². The highest BCUT2D eigenvalue weighted by Gasteiger charge is 2.10. The minimum Gasteiger partial charge on any atom is -0.391 e. The lowest BCUT2D eigenvalue weighted by Crippen LogP contribution is -2.32. The number of hydrogen-bond donors (Lipinski definition) is 2. The number of nitrogens with zero attached hydrogens (tertiary/aromatic N) is 1. The summed E-state index contributed by atoms with van der Waals surface area (Å²) in [6.45, 7) is 2.18. The Morgan fingerprint density at radius 2 is 2.06 bits per heavy atom. The molecule has 0 saturated carbocycles. The third-order valence-electron chi connectivity index (χ3n) is 2.15. The molecular formula is C11H14Cl2N2O2. The van der Waals surface area contributed by atoms with Crippen molar-refractivity contribution in [2.24, 2.45) is 0 Å². The lowest BCUT2D eigenvalue weighted by Gasteiger charge is -2.10. The predicted octanol–water partition coefficient (Wildman–Crippen LogP) is 2.28. The molecule has 0 aromatic carbocycles. The molecule has 1 amide bonds. The largest absolute Gasteiger partial charge is 0.391 e. The monoisotopic (exact) mass is 276 g/mol. The molecule has 0 saturated heterocycles. The van der Waals surface area contributed by atoms with Crippen molar-refractivity contribution in [3.8, 4) is 0 Å². The van der Waals surface area contributed by atoms with Crippen LogP contribution in [0.4, 0.5) is 0 Å². The van der Waals surface area contributed by atoms with Crippen molar-refractivity contribution in [2.75, 3.05) is 6.54 Å². The van der Waals surface area contributed by atoms with Gasteiger partial charge in [0.15, 0.2) is 0 Å². The van der Waals surface area contributed by atoms with E-state index in [4.69, 9.17) is 23.2 Å². The maximum atomic E-state index is 11.7. The van der Waals surface area contributed by atoms with Gasteiger partial charge in [-0.15, -0.1) is 0 Å². The number of aliphatic hydroxyl groups is 1. The summed E-state index contributed by atoms with van der Waals surface area (Å²) in [5.41, 5.74) is 0.332. The summed E-state index contributed by atoms with van der Waals surface area (Å²) in [6.07, 6.45) is 0.985. The maximum Gasteiger partial charge on any atom is 0.251 e. The van der Waals surface area contributed by atoms with Crippen LogP contribution in [-0.2, 0) is 0 Å². The maximum absolute atomic E-state index is 11.7. The number of hydrogen-bond acceptors (Lipinski definition) is 3. The van der Waals surface area contributed by atoms with Gasteiger partial charge in [0.25, 0.3) is 5.91 Å². The van der Waals surface area contributed by atoms with Gasteiger partial charge < -0.3 is 10.4 Å². The van der Waals surface area contributed by atoms with E-state index in [2.05, 4.69) is 10.3 Å². The van der Waals surface area contributed by atoms with E-state index in [0.717, 1.165) is 6.42 Å². The summed E-state index contributed by atoms with van der Waals surface area (Å²) in [6, 6.07) is 2.85. The van der Waals surface area contributed by atoms with Crippen LogP contribution in [0.15, 0.2) is 12.1 Å². The average Bonchev–Trinajstić information content (AvgIpc) is 2.25. The number of carbonyl (C=O) groups excluding carboxylic acids is 1. The highest BCUT2D eigenvalue weighted by molar-refractivity contribution is 6.33. The summed E-state index contributed by atoms with van der Waals surface area (Å²) in [5, 5.41) is 12.4. The van der Waals surface area contributed by atoms with Crippen molar-refractivity contribution in [2.45, 2.75) is 25.9 Å². The van der Waals surface area contributed by atoms with Crippen LogP contribution in [0.1, 0.15) is 30.1 Å². The molecule has 1 heterocycles. The third-order valence-corrected chi connectivity index (χ3v) is 2.53. The second-order valence-electron chi connectivity index (χ2n) is 3.65. The lowest BCUT2D eigenvalue weighted by atomic mass is 10.2. The zero-order valence-electron chi connectivity index (χ0n) is 9.41. The Bertz CT molecular complexity index is 379. The highest BCUT2D eigenvalue weighted by atomic mass is 35.5. The quantitative estimate of drug-likeness (QED) is 0.812. The number of pyridine rings is 1. The van der Waals surface area contributed by atoms with Crippen molar-refractivity contribution < 1.29 is 9.90 Å². The average molecular weight is 277 g/mol. The van der Waals surface area contributed by atoms with Crippen LogP contribution in [-0.4, -0.2) is 28.6 Å². The van der Waals surface area contributed by atoms with Gasteiger partial charge in [-0.05, 0) is 18.6 Å². The van der Waals surface area contributed by atoms with E-state index in [-0.39, 0.29) is 22.8 Å². The molecule has 6 heteroatoms. The van der Waals surface area contributed by atoms with Crippen LogP contribution in [0.2, 0.25) is 10.3 Å². The summed E-state index contributed by atoms with van der Waals surface area (Å²) >= 11 is 11.4. The van der Waals surface area contributed by atoms with Crippen molar-refractivity contribution in [1.82, 2.24) is 10.3 Å². The number of nitrogens with one attached hydrogen (secondary N) is 1. The van der Waals surface area contributed by atoms with E-state index in [9.17, 15) is 9.90 Å². The fraction of sp³-hybridized carbons (Fsp3) is 0.455. The molecule has 94 valence electrons. The van der Waals surface area contributed by atoms with Crippen LogP contribution in [0, 0.1) is 0 Å². The van der Waals surface area contributed by atoms with Gasteiger partial charge in [-0.25, -0.2) is 4.98 Å². The number of carbonyl (C=O) groups is 1. The molecule has 1 rings (SSSR count). The normalized spacial score (nSPS) is 12.2. The number of aromatic nitrogens is 1. The number of aliphatic hydroxyl groups excluding tert-OH is 1. The second kappa shape index (κ2) is 6.79. The Morgan fingerprint density at radius 3 is 2.59 bits per heavy atom. The lowest BCUT2D eigenvalue weighted by molar-refractivity contribution is 0.0910. The minimum atomic E-state index is -0.531. The number of rotatable bonds is 5. The first-order valence-electron chi connectivity index (χ1n) is 5.32. The fourth-order valence-electron chi connectivity index (χ4n) is 1.34. The van der Waals surface area contributed by atoms with Gasteiger partial charge in [0.05, 0.1) is 6.10 Å². The summed E-state index contributed by atoms with van der Waals surface area (Å²) in [7, 11) is 0. The Hall–Kier alpha value is -0.840. The van der Waals surface area contributed by atoms with Gasteiger partial charge in [-0.3, -0.25) is 4.79 Å². The van der Waals surface area contributed by atoms with Crippen LogP contribution < -0.4 is 5.32 Å². The van der Waals surface area contributed by atoms with E-state index in [1.165, 1.54) is 12.1 Å². The Balaban J connectivity index is 2.58. The van der Waals surface area contributed by atoms with Gasteiger partial charge >= 0.3 is 0 Å². The van der Waals surface area contributed by atoms with Gasteiger partial charge in [0, 0.05) is 12.1 Å². The fourth-order valence-corrected chi connectivity index (χ4v) is 1.80. The van der Waals surface area contributed by atoms with Crippen molar-refractivity contribution in [1.29, 1.82) is 0 Å². The zero-order valence-corrected chi connectivity index (χ0v) is 10.9. The Morgan fingerprint density at radius 1 is 1.47 bits per heavy atom. The molecule has 2 N–H and O–H groups in total. The highest BCUT2D eigenvalue weighted by Crippen LogP contribution is 2.14. The van der Waals surface area contributed by atoms with Gasteiger partial charge in [0.2, 0.25) is 0 Å². The topological polar surface area (TPSA) is 62.2 Å². The summed E-state index contributed by atoms with van der Waals surface area (Å²) < 4.78 is 0. The van der Waals surface area contributed by atoms with Crippen LogP contribution >= 0.6 is 23.2 Å². The molecule has 0 radical (unpaired) electrons. The molecule has 1 atom stereocenters. The predicted molar refractivity (Wildman–Crippen MR) is 67.5 cm³/mol. The first-order valence-corrected chi connectivity index (χ1v) is 6.08. The number of halogens is 2. The Kier molecular flexibility index (Phi) is 5.68. The van der Waals surface area contributed by atoms with E-state index < -0.39 is 6.10 Å². The van der Waals surface area contributed by atoms with Gasteiger partial charge in [0.1, 0.15) is 10.3 Å². The minimum absolute atomic E-state index is 0.164. The molecule has 0 aliphatic rings. The SMILES string of the molecule is CCCC(O)CNC(=O)c1cc(Cl)nc(Cl)c1.